The Morgan fingerprint density at radius 1 is 1.53 bits per heavy atom. The molecule has 0 amide bonds. The van der Waals surface area contributed by atoms with Crippen molar-refractivity contribution in [2.45, 2.75) is 58.4 Å². The number of carbonyl (C=O) groups is 1. The first-order chi connectivity index (χ1) is 8.20. The number of carbonyl (C=O) groups excluding carboxylic acids is 1. The molecule has 0 radical (unpaired) electrons. The molecule has 1 aliphatic rings. The molecule has 1 unspecified atom stereocenters. The Bertz CT molecular complexity index is 377. The van der Waals surface area contributed by atoms with Gasteiger partial charge in [-0.2, -0.15) is 5.10 Å². The van der Waals surface area contributed by atoms with Crippen LogP contribution in [-0.2, 0) is 11.2 Å². The van der Waals surface area contributed by atoms with Crippen LogP contribution in [0.5, 0.6) is 0 Å². The first kappa shape index (κ1) is 12.3. The molecule has 0 saturated heterocycles. The van der Waals surface area contributed by atoms with Gasteiger partial charge >= 0.3 is 0 Å². The van der Waals surface area contributed by atoms with Crippen molar-refractivity contribution in [1.29, 1.82) is 0 Å². The highest BCUT2D eigenvalue weighted by molar-refractivity contribution is 5.83. The van der Waals surface area contributed by atoms with Gasteiger partial charge in [-0.15, -0.1) is 0 Å². The summed E-state index contributed by atoms with van der Waals surface area (Å²) in [6.45, 7) is 4.30. The zero-order chi connectivity index (χ0) is 12.3. The minimum atomic E-state index is 0.309. The minimum absolute atomic E-state index is 0.309. The van der Waals surface area contributed by atoms with Crippen molar-refractivity contribution in [3.8, 4) is 0 Å². The van der Waals surface area contributed by atoms with Crippen LogP contribution in [-0.4, -0.2) is 15.6 Å². The number of Topliss-reactive ketones (excluding diaryl/α,β-unsaturated/α-hetero) is 1. The highest BCUT2D eigenvalue weighted by atomic mass is 16.1. The lowest BCUT2D eigenvalue weighted by Crippen LogP contribution is -2.14. The summed E-state index contributed by atoms with van der Waals surface area (Å²) in [6, 6.07) is 2.41. The molecule has 0 aromatic carbocycles. The normalized spacial score (nSPS) is 18.5. The highest BCUT2D eigenvalue weighted by Gasteiger charge is 2.23. The summed E-state index contributed by atoms with van der Waals surface area (Å²) >= 11 is 0. The molecule has 0 spiro atoms. The molecule has 1 heterocycles. The molecule has 0 bridgehead atoms. The van der Waals surface area contributed by atoms with Gasteiger partial charge in [-0.1, -0.05) is 19.8 Å². The van der Waals surface area contributed by atoms with Crippen molar-refractivity contribution in [3.63, 3.8) is 0 Å². The van der Waals surface area contributed by atoms with E-state index in [-0.39, 0.29) is 0 Å². The summed E-state index contributed by atoms with van der Waals surface area (Å²) < 4.78 is 1.97. The average Bonchev–Trinajstić information content (AvgIpc) is 2.98. The minimum Gasteiger partial charge on any atom is -0.299 e. The van der Waals surface area contributed by atoms with Crippen LogP contribution < -0.4 is 0 Å². The Morgan fingerprint density at radius 3 is 2.88 bits per heavy atom. The Balaban J connectivity index is 1.94. The van der Waals surface area contributed by atoms with Crippen LogP contribution in [0.15, 0.2) is 12.3 Å². The second kappa shape index (κ2) is 5.48. The zero-order valence-corrected chi connectivity index (χ0v) is 10.9. The van der Waals surface area contributed by atoms with Gasteiger partial charge in [0.2, 0.25) is 0 Å². The molecule has 3 nitrogen and oxygen atoms in total. The third kappa shape index (κ3) is 2.96. The maximum Gasteiger partial charge on any atom is 0.141 e. The van der Waals surface area contributed by atoms with E-state index in [1.165, 1.54) is 12.8 Å². The Morgan fingerprint density at radius 2 is 2.24 bits per heavy atom. The number of nitrogens with zero attached hydrogens (tertiary/aromatic N) is 2. The summed E-state index contributed by atoms with van der Waals surface area (Å²) in [7, 11) is 0. The second-order valence-corrected chi connectivity index (χ2v) is 5.17. The number of hydrogen-bond acceptors (Lipinski definition) is 2. The lowest BCUT2D eigenvalue weighted by molar-refractivity contribution is -0.122. The number of rotatable bonds is 5. The van der Waals surface area contributed by atoms with E-state index in [1.807, 2.05) is 16.9 Å². The summed E-state index contributed by atoms with van der Waals surface area (Å²) in [5.41, 5.74) is 0.933. The SMILES string of the molecule is CCC(C)n1ccc(CC(=O)C2CCCC2)n1. The van der Waals surface area contributed by atoms with Crippen molar-refractivity contribution in [1.82, 2.24) is 9.78 Å². The molecule has 1 atom stereocenters. The van der Waals surface area contributed by atoms with E-state index in [0.29, 0.717) is 24.2 Å². The zero-order valence-electron chi connectivity index (χ0n) is 10.9. The molecule has 1 fully saturated rings. The smallest absolute Gasteiger partial charge is 0.141 e. The van der Waals surface area contributed by atoms with Crippen molar-refractivity contribution in [2.75, 3.05) is 0 Å². The van der Waals surface area contributed by atoms with Gasteiger partial charge in [0.15, 0.2) is 0 Å². The number of aromatic nitrogens is 2. The molecule has 94 valence electrons. The Hall–Kier alpha value is -1.12. The fraction of sp³-hybridized carbons (Fsp3) is 0.714. The standard InChI is InChI=1S/C14H22N2O/c1-3-11(2)16-9-8-13(15-16)10-14(17)12-6-4-5-7-12/h8-9,11-12H,3-7,10H2,1-2H3. The van der Waals surface area contributed by atoms with Crippen LogP contribution in [0.1, 0.15) is 57.7 Å². The molecule has 0 N–H and O–H groups in total. The maximum atomic E-state index is 12.0. The van der Waals surface area contributed by atoms with E-state index >= 15 is 0 Å². The average molecular weight is 234 g/mol. The summed E-state index contributed by atoms with van der Waals surface area (Å²) in [4.78, 5) is 12.0. The van der Waals surface area contributed by atoms with Crippen LogP contribution >= 0.6 is 0 Å². The van der Waals surface area contributed by atoms with Gasteiger partial charge < -0.3 is 0 Å². The molecule has 2 rings (SSSR count). The van der Waals surface area contributed by atoms with E-state index in [2.05, 4.69) is 18.9 Å². The predicted octanol–water partition coefficient (Wildman–Crippen LogP) is 3.16. The van der Waals surface area contributed by atoms with Gasteiger partial charge in [-0.3, -0.25) is 9.48 Å². The lowest BCUT2D eigenvalue weighted by atomic mass is 9.99. The van der Waals surface area contributed by atoms with Crippen molar-refractivity contribution in [3.05, 3.63) is 18.0 Å². The largest absolute Gasteiger partial charge is 0.299 e. The molecule has 1 saturated carbocycles. The van der Waals surface area contributed by atoms with E-state index in [0.717, 1.165) is 25.0 Å². The first-order valence-electron chi connectivity index (χ1n) is 6.77. The monoisotopic (exact) mass is 234 g/mol. The molecule has 1 aromatic heterocycles. The summed E-state index contributed by atoms with van der Waals surface area (Å²) in [5.74, 6) is 0.695. The molecule has 0 aliphatic heterocycles. The van der Waals surface area contributed by atoms with E-state index in [1.54, 1.807) is 0 Å². The van der Waals surface area contributed by atoms with Crippen LogP contribution in [0.25, 0.3) is 0 Å². The lowest BCUT2D eigenvalue weighted by Gasteiger charge is -2.08. The summed E-state index contributed by atoms with van der Waals surface area (Å²) in [6.07, 6.45) is 8.20. The van der Waals surface area contributed by atoms with E-state index in [9.17, 15) is 4.79 Å². The second-order valence-electron chi connectivity index (χ2n) is 5.17. The number of ketones is 1. The molecule has 1 aliphatic carbocycles. The van der Waals surface area contributed by atoms with Gasteiger partial charge in [0.05, 0.1) is 12.1 Å². The molecular formula is C14H22N2O. The molecule has 3 heteroatoms. The van der Waals surface area contributed by atoms with Crippen LogP contribution in [0.2, 0.25) is 0 Å². The maximum absolute atomic E-state index is 12.0. The van der Waals surface area contributed by atoms with Crippen molar-refractivity contribution < 1.29 is 4.79 Å². The quantitative estimate of drug-likeness (QED) is 0.784. The van der Waals surface area contributed by atoms with Crippen molar-refractivity contribution >= 4 is 5.78 Å². The third-order valence-electron chi connectivity index (χ3n) is 3.87. The van der Waals surface area contributed by atoms with Crippen LogP contribution in [0.3, 0.4) is 0 Å². The molecule has 1 aromatic rings. The van der Waals surface area contributed by atoms with Crippen molar-refractivity contribution in [2.24, 2.45) is 5.92 Å². The Labute approximate surface area is 103 Å². The van der Waals surface area contributed by atoms with Crippen LogP contribution in [0, 0.1) is 5.92 Å². The fourth-order valence-electron chi connectivity index (χ4n) is 2.47. The summed E-state index contributed by atoms with van der Waals surface area (Å²) in [5, 5.41) is 4.49. The van der Waals surface area contributed by atoms with E-state index < -0.39 is 0 Å². The topological polar surface area (TPSA) is 34.9 Å². The first-order valence-corrected chi connectivity index (χ1v) is 6.77. The van der Waals surface area contributed by atoms with Gasteiger partial charge in [0.25, 0.3) is 0 Å². The highest BCUT2D eigenvalue weighted by Crippen LogP contribution is 2.26. The molecule has 17 heavy (non-hydrogen) atoms. The van der Waals surface area contributed by atoms with Gasteiger partial charge in [0.1, 0.15) is 5.78 Å². The predicted molar refractivity (Wildman–Crippen MR) is 67.9 cm³/mol. The van der Waals surface area contributed by atoms with Gasteiger partial charge in [-0.05, 0) is 32.3 Å². The van der Waals surface area contributed by atoms with Gasteiger partial charge in [-0.25, -0.2) is 0 Å². The van der Waals surface area contributed by atoms with Crippen LogP contribution in [0.4, 0.5) is 0 Å². The fourth-order valence-corrected chi connectivity index (χ4v) is 2.47. The number of hydrogen-bond donors (Lipinski definition) is 0. The Kier molecular flexibility index (Phi) is 3.97. The third-order valence-corrected chi connectivity index (χ3v) is 3.87. The molecular weight excluding hydrogens is 212 g/mol. The van der Waals surface area contributed by atoms with E-state index in [4.69, 9.17) is 0 Å². The van der Waals surface area contributed by atoms with Gasteiger partial charge in [0, 0.05) is 18.2 Å².